The third-order valence-electron chi connectivity index (χ3n) is 3.61. The molecule has 0 amide bonds. The Morgan fingerprint density at radius 2 is 2.11 bits per heavy atom. The number of nitro benzene ring substituents is 1. The van der Waals surface area contributed by atoms with Crippen molar-refractivity contribution in [3.05, 3.63) is 28.3 Å². The summed E-state index contributed by atoms with van der Waals surface area (Å²) in [5, 5.41) is 14.1. The highest BCUT2D eigenvalue weighted by Crippen LogP contribution is 2.42. The summed E-state index contributed by atoms with van der Waals surface area (Å²) in [6.45, 7) is 0.819. The Hall–Kier alpha value is -1.47. The average Bonchev–Trinajstić information content (AvgIpc) is 2.37. The van der Waals surface area contributed by atoms with Crippen LogP contribution in [0.5, 0.6) is 0 Å². The highest BCUT2D eigenvalue weighted by atomic mass is 32.2. The van der Waals surface area contributed by atoms with Crippen molar-refractivity contribution in [1.29, 1.82) is 0 Å². The van der Waals surface area contributed by atoms with E-state index in [4.69, 9.17) is 5.84 Å². The number of anilines is 2. The van der Waals surface area contributed by atoms with Crippen molar-refractivity contribution < 1.29 is 4.92 Å². The second-order valence-electron chi connectivity index (χ2n) is 4.76. The molecule has 7 heteroatoms. The van der Waals surface area contributed by atoms with Crippen molar-refractivity contribution in [2.45, 2.75) is 24.0 Å². The summed E-state index contributed by atoms with van der Waals surface area (Å²) >= 11 is 1.86. The summed E-state index contributed by atoms with van der Waals surface area (Å²) in [6, 6.07) is 4.73. The van der Waals surface area contributed by atoms with Crippen LogP contribution in [0.2, 0.25) is 0 Å². The summed E-state index contributed by atoms with van der Waals surface area (Å²) < 4.78 is 0.279. The van der Waals surface area contributed by atoms with E-state index in [2.05, 4.69) is 17.0 Å². The van der Waals surface area contributed by atoms with Crippen LogP contribution in [0.15, 0.2) is 18.2 Å². The number of benzene rings is 1. The molecule has 1 saturated carbocycles. The van der Waals surface area contributed by atoms with Crippen LogP contribution in [0.4, 0.5) is 17.1 Å². The molecule has 0 heterocycles. The van der Waals surface area contributed by atoms with E-state index in [0.29, 0.717) is 5.69 Å². The largest absolute Gasteiger partial charge is 0.383 e. The van der Waals surface area contributed by atoms with E-state index in [-0.39, 0.29) is 10.4 Å². The molecule has 19 heavy (non-hydrogen) atoms. The monoisotopic (exact) mass is 282 g/mol. The van der Waals surface area contributed by atoms with Crippen LogP contribution in [0.3, 0.4) is 0 Å². The predicted octanol–water partition coefficient (Wildman–Crippen LogP) is 2.58. The van der Waals surface area contributed by atoms with Crippen molar-refractivity contribution in [2.75, 3.05) is 23.5 Å². The lowest BCUT2D eigenvalue weighted by Gasteiger charge is -2.40. The Balaban J connectivity index is 2.11. The maximum atomic E-state index is 10.9. The summed E-state index contributed by atoms with van der Waals surface area (Å²) in [4.78, 5) is 10.4. The van der Waals surface area contributed by atoms with E-state index in [1.54, 1.807) is 6.07 Å². The van der Waals surface area contributed by atoms with Crippen molar-refractivity contribution in [1.82, 2.24) is 0 Å². The van der Waals surface area contributed by atoms with Gasteiger partial charge in [-0.25, -0.2) is 0 Å². The molecule has 4 N–H and O–H groups in total. The summed E-state index contributed by atoms with van der Waals surface area (Å²) in [5.74, 6) is 5.33. The number of hydrazine groups is 1. The van der Waals surface area contributed by atoms with Gasteiger partial charge >= 0.3 is 0 Å². The molecule has 0 spiro atoms. The van der Waals surface area contributed by atoms with Gasteiger partial charge in [0.2, 0.25) is 0 Å². The van der Waals surface area contributed by atoms with Crippen molar-refractivity contribution >= 4 is 28.8 Å². The van der Waals surface area contributed by atoms with Gasteiger partial charge in [-0.1, -0.05) is 6.42 Å². The number of nitro groups is 1. The number of nitrogens with two attached hydrogens (primary N) is 1. The van der Waals surface area contributed by atoms with Crippen molar-refractivity contribution in [3.8, 4) is 0 Å². The van der Waals surface area contributed by atoms with Gasteiger partial charge in [-0.3, -0.25) is 16.0 Å². The van der Waals surface area contributed by atoms with Gasteiger partial charge in [0.05, 0.1) is 10.6 Å². The first-order chi connectivity index (χ1) is 9.08. The Bertz CT molecular complexity index is 471. The van der Waals surface area contributed by atoms with Gasteiger partial charge in [-0.05, 0) is 25.2 Å². The smallest absolute Gasteiger partial charge is 0.273 e. The normalized spacial score (nSPS) is 16.5. The zero-order valence-corrected chi connectivity index (χ0v) is 11.6. The predicted molar refractivity (Wildman–Crippen MR) is 79.5 cm³/mol. The van der Waals surface area contributed by atoms with Gasteiger partial charge in [-0.2, -0.15) is 11.8 Å². The molecule has 0 aliphatic heterocycles. The van der Waals surface area contributed by atoms with Gasteiger partial charge in [0.1, 0.15) is 0 Å². The first kappa shape index (κ1) is 14.0. The van der Waals surface area contributed by atoms with Crippen LogP contribution in [0, 0.1) is 10.1 Å². The van der Waals surface area contributed by atoms with E-state index in [1.807, 2.05) is 11.8 Å². The second-order valence-corrected chi connectivity index (χ2v) is 6.04. The molecule has 0 radical (unpaired) electrons. The molecule has 0 bridgehead atoms. The number of nitrogens with one attached hydrogen (secondary N) is 2. The molecule has 104 valence electrons. The van der Waals surface area contributed by atoms with E-state index >= 15 is 0 Å². The molecular formula is C12H18N4O2S. The van der Waals surface area contributed by atoms with E-state index in [9.17, 15) is 10.1 Å². The van der Waals surface area contributed by atoms with Crippen LogP contribution in [-0.4, -0.2) is 22.5 Å². The lowest BCUT2D eigenvalue weighted by molar-refractivity contribution is -0.384. The quantitative estimate of drug-likeness (QED) is 0.422. The van der Waals surface area contributed by atoms with E-state index in [1.165, 1.54) is 31.4 Å². The highest BCUT2D eigenvalue weighted by Gasteiger charge is 2.35. The van der Waals surface area contributed by atoms with Gasteiger partial charge in [0.15, 0.2) is 0 Å². The van der Waals surface area contributed by atoms with E-state index in [0.717, 1.165) is 12.2 Å². The minimum Gasteiger partial charge on any atom is -0.383 e. The van der Waals surface area contributed by atoms with Gasteiger partial charge in [0, 0.05) is 29.1 Å². The third-order valence-corrected chi connectivity index (χ3v) is 5.03. The molecule has 0 saturated heterocycles. The fourth-order valence-electron chi connectivity index (χ4n) is 2.19. The zero-order valence-electron chi connectivity index (χ0n) is 10.8. The molecule has 1 aliphatic carbocycles. The Labute approximate surface area is 116 Å². The molecule has 1 fully saturated rings. The third kappa shape index (κ3) is 3.10. The lowest BCUT2D eigenvalue weighted by atomic mass is 9.84. The molecule has 0 aromatic heterocycles. The Morgan fingerprint density at radius 3 is 2.58 bits per heavy atom. The zero-order chi connectivity index (χ0) is 13.9. The lowest BCUT2D eigenvalue weighted by Crippen LogP contribution is -2.40. The topological polar surface area (TPSA) is 93.2 Å². The van der Waals surface area contributed by atoms with Crippen LogP contribution < -0.4 is 16.6 Å². The molecule has 1 aromatic carbocycles. The van der Waals surface area contributed by atoms with Crippen molar-refractivity contribution in [2.24, 2.45) is 5.84 Å². The Kier molecular flexibility index (Phi) is 4.16. The molecule has 6 nitrogen and oxygen atoms in total. The molecule has 0 atom stereocenters. The summed E-state index contributed by atoms with van der Waals surface area (Å²) in [6.07, 6.45) is 5.75. The van der Waals surface area contributed by atoms with E-state index < -0.39 is 4.92 Å². The minimum absolute atomic E-state index is 0.0322. The first-order valence-electron chi connectivity index (χ1n) is 6.14. The number of hydrogen-bond donors (Lipinski definition) is 3. The summed E-state index contributed by atoms with van der Waals surface area (Å²) in [5.41, 5.74) is 3.74. The minimum atomic E-state index is -0.417. The first-order valence-corrected chi connectivity index (χ1v) is 7.36. The fourth-order valence-corrected chi connectivity index (χ4v) is 3.10. The number of hydrogen-bond acceptors (Lipinski definition) is 6. The Morgan fingerprint density at radius 1 is 1.42 bits per heavy atom. The maximum Gasteiger partial charge on any atom is 0.273 e. The van der Waals surface area contributed by atoms with Gasteiger partial charge in [0.25, 0.3) is 5.69 Å². The standard InChI is InChI=1S/C12H18N4O2S/c1-19-12(3-2-4-12)8-14-9-5-10(15-13)7-11(6-9)16(17)18/h5-7,14-15H,2-4,8,13H2,1H3. The molecule has 1 aliphatic rings. The molecule has 1 aromatic rings. The van der Waals surface area contributed by atoms with Gasteiger partial charge in [-0.15, -0.1) is 0 Å². The number of non-ortho nitro benzene ring substituents is 1. The average molecular weight is 282 g/mol. The van der Waals surface area contributed by atoms with Crippen LogP contribution in [-0.2, 0) is 0 Å². The maximum absolute atomic E-state index is 10.9. The summed E-state index contributed by atoms with van der Waals surface area (Å²) in [7, 11) is 0. The van der Waals surface area contributed by atoms with Gasteiger partial charge < -0.3 is 10.7 Å². The van der Waals surface area contributed by atoms with Crippen molar-refractivity contribution in [3.63, 3.8) is 0 Å². The SMILES string of the molecule is CSC1(CNc2cc(NN)cc([N+](=O)[O-])c2)CCC1. The number of nitrogens with zero attached hydrogens (tertiary/aromatic N) is 1. The highest BCUT2D eigenvalue weighted by molar-refractivity contribution is 8.00. The number of thioether (sulfide) groups is 1. The van der Waals surface area contributed by atoms with Crippen LogP contribution in [0.1, 0.15) is 19.3 Å². The molecular weight excluding hydrogens is 264 g/mol. The molecule has 2 rings (SSSR count). The fraction of sp³-hybridized carbons (Fsp3) is 0.500. The van der Waals surface area contributed by atoms with Crippen LogP contribution >= 0.6 is 11.8 Å². The second kappa shape index (κ2) is 5.66. The number of nitrogen functional groups attached to an aromatic ring is 1. The number of rotatable bonds is 6. The van der Waals surface area contributed by atoms with Crippen LogP contribution in [0.25, 0.3) is 0 Å². The molecule has 0 unspecified atom stereocenters.